The molecule has 0 heterocycles. The van der Waals surface area contributed by atoms with Crippen LogP contribution in [0, 0.1) is 5.92 Å². The molecule has 16 heavy (non-hydrogen) atoms. The molecule has 0 aromatic rings. The van der Waals surface area contributed by atoms with Gasteiger partial charge in [-0.25, -0.2) is 0 Å². The van der Waals surface area contributed by atoms with E-state index >= 15 is 0 Å². The summed E-state index contributed by atoms with van der Waals surface area (Å²) in [6.07, 6.45) is 0. The number of amides is 1. The van der Waals surface area contributed by atoms with Crippen LogP contribution in [0.2, 0.25) is 0 Å². The quantitative estimate of drug-likeness (QED) is 0.679. The van der Waals surface area contributed by atoms with Crippen molar-refractivity contribution >= 4 is 5.91 Å². The third-order valence-corrected chi connectivity index (χ3v) is 2.71. The van der Waals surface area contributed by atoms with E-state index in [0.29, 0.717) is 5.92 Å². The van der Waals surface area contributed by atoms with Crippen LogP contribution >= 0.6 is 0 Å². The van der Waals surface area contributed by atoms with E-state index in [-0.39, 0.29) is 11.9 Å². The molecule has 0 aliphatic carbocycles. The molecule has 1 atom stereocenters. The Morgan fingerprint density at radius 3 is 2.44 bits per heavy atom. The van der Waals surface area contributed by atoms with Gasteiger partial charge in [0.05, 0.1) is 6.61 Å². The van der Waals surface area contributed by atoms with Gasteiger partial charge in [0.25, 0.3) is 0 Å². The zero-order valence-corrected chi connectivity index (χ0v) is 11.2. The maximum absolute atomic E-state index is 11.1. The molecule has 0 aromatic heterocycles. The highest BCUT2D eigenvalue weighted by Gasteiger charge is 2.17. The van der Waals surface area contributed by atoms with Crippen LogP contribution < -0.4 is 5.32 Å². The van der Waals surface area contributed by atoms with Crippen LogP contribution in [-0.2, 0) is 9.53 Å². The first-order chi connectivity index (χ1) is 7.51. The van der Waals surface area contributed by atoms with Crippen molar-refractivity contribution in [3.63, 3.8) is 0 Å². The van der Waals surface area contributed by atoms with Crippen molar-refractivity contribution in [3.05, 3.63) is 0 Å². The third-order valence-electron chi connectivity index (χ3n) is 2.71. The smallest absolute Gasteiger partial charge is 0.217 e. The molecule has 96 valence electrons. The Balaban J connectivity index is 4.17. The maximum atomic E-state index is 11.1. The Labute approximate surface area is 99.3 Å². The fraction of sp³-hybridized carbons (Fsp3) is 0.917. The first kappa shape index (κ1) is 15.4. The molecule has 1 amide bonds. The predicted molar refractivity (Wildman–Crippen MR) is 66.4 cm³/mol. The number of methoxy groups -OCH3 is 1. The van der Waals surface area contributed by atoms with Gasteiger partial charge in [0.15, 0.2) is 0 Å². The molecule has 0 aliphatic rings. The van der Waals surface area contributed by atoms with Gasteiger partial charge in [-0.05, 0) is 12.5 Å². The Morgan fingerprint density at radius 1 is 1.44 bits per heavy atom. The van der Waals surface area contributed by atoms with Gasteiger partial charge in [-0.2, -0.15) is 0 Å². The van der Waals surface area contributed by atoms with Gasteiger partial charge in [0.1, 0.15) is 0 Å². The number of nitrogens with zero attached hydrogens (tertiary/aromatic N) is 1. The summed E-state index contributed by atoms with van der Waals surface area (Å²) in [5.74, 6) is 0.488. The Morgan fingerprint density at radius 2 is 2.06 bits per heavy atom. The summed E-state index contributed by atoms with van der Waals surface area (Å²) < 4.78 is 5.07. The zero-order chi connectivity index (χ0) is 12.6. The topological polar surface area (TPSA) is 41.6 Å². The van der Waals surface area contributed by atoms with E-state index in [1.54, 1.807) is 14.0 Å². The lowest BCUT2D eigenvalue weighted by Gasteiger charge is -2.29. The van der Waals surface area contributed by atoms with E-state index in [2.05, 4.69) is 31.0 Å². The fourth-order valence-corrected chi connectivity index (χ4v) is 1.56. The van der Waals surface area contributed by atoms with Crippen molar-refractivity contribution in [3.8, 4) is 0 Å². The van der Waals surface area contributed by atoms with Gasteiger partial charge < -0.3 is 10.1 Å². The first-order valence-electron chi connectivity index (χ1n) is 5.99. The molecule has 1 N–H and O–H groups in total. The molecular formula is C12H26N2O2. The van der Waals surface area contributed by atoms with E-state index in [9.17, 15) is 4.79 Å². The largest absolute Gasteiger partial charge is 0.383 e. The van der Waals surface area contributed by atoms with Crippen LogP contribution in [0.3, 0.4) is 0 Å². The number of hydrogen-bond acceptors (Lipinski definition) is 3. The van der Waals surface area contributed by atoms with Crippen molar-refractivity contribution in [2.45, 2.75) is 33.7 Å². The highest BCUT2D eigenvalue weighted by atomic mass is 16.5. The molecule has 0 fully saturated rings. The van der Waals surface area contributed by atoms with Gasteiger partial charge in [0, 0.05) is 33.2 Å². The van der Waals surface area contributed by atoms with Crippen molar-refractivity contribution in [1.29, 1.82) is 0 Å². The number of nitrogens with one attached hydrogen (secondary N) is 1. The zero-order valence-electron chi connectivity index (χ0n) is 11.2. The molecule has 0 bridgehead atoms. The number of carbonyl (C=O) groups excluding carboxylic acids is 1. The van der Waals surface area contributed by atoms with Crippen LogP contribution in [0.15, 0.2) is 0 Å². The molecule has 0 aliphatic heterocycles. The molecule has 4 nitrogen and oxygen atoms in total. The second-order valence-corrected chi connectivity index (χ2v) is 4.44. The van der Waals surface area contributed by atoms with Crippen molar-refractivity contribution in [2.75, 3.05) is 33.4 Å². The van der Waals surface area contributed by atoms with E-state index in [1.807, 2.05) is 0 Å². The fourth-order valence-electron chi connectivity index (χ4n) is 1.56. The lowest BCUT2D eigenvalue weighted by Crippen LogP contribution is -2.46. The second kappa shape index (κ2) is 8.53. The van der Waals surface area contributed by atoms with Crippen LogP contribution in [0.1, 0.15) is 27.7 Å². The van der Waals surface area contributed by atoms with E-state index in [4.69, 9.17) is 4.74 Å². The Hall–Kier alpha value is -0.610. The standard InChI is InChI=1S/C12H26N2O2/c1-6-14(7-8-16-5)9-12(10(2)3)13-11(4)15/h10,12H,6-9H2,1-5H3,(H,13,15)/t12-/m1/s1. The average molecular weight is 230 g/mol. The maximum Gasteiger partial charge on any atom is 0.217 e. The minimum absolute atomic E-state index is 0.0431. The third kappa shape index (κ3) is 6.80. The number of ether oxygens (including phenoxy) is 1. The summed E-state index contributed by atoms with van der Waals surface area (Å²) in [5, 5.41) is 3.00. The minimum Gasteiger partial charge on any atom is -0.383 e. The van der Waals surface area contributed by atoms with E-state index in [1.165, 1.54) is 0 Å². The second-order valence-electron chi connectivity index (χ2n) is 4.44. The molecule has 0 unspecified atom stereocenters. The summed E-state index contributed by atoms with van der Waals surface area (Å²) in [6.45, 7) is 11.5. The number of likely N-dealkylation sites (N-methyl/N-ethyl adjacent to an activating group) is 1. The molecule has 0 aromatic carbocycles. The lowest BCUT2D eigenvalue weighted by atomic mass is 10.0. The van der Waals surface area contributed by atoms with Gasteiger partial charge in [0.2, 0.25) is 5.91 Å². The van der Waals surface area contributed by atoms with Crippen LogP contribution in [0.25, 0.3) is 0 Å². The summed E-state index contributed by atoms with van der Waals surface area (Å²) in [6, 6.07) is 0.217. The SMILES string of the molecule is CCN(CCOC)C[C@@H](NC(C)=O)C(C)C. The van der Waals surface area contributed by atoms with Crippen LogP contribution in [-0.4, -0.2) is 50.2 Å². The Kier molecular flexibility index (Phi) is 8.21. The monoisotopic (exact) mass is 230 g/mol. The number of carbonyl (C=O) groups is 1. The molecule has 4 heteroatoms. The van der Waals surface area contributed by atoms with Crippen LogP contribution in [0.5, 0.6) is 0 Å². The minimum atomic E-state index is 0.0431. The highest BCUT2D eigenvalue weighted by molar-refractivity contribution is 5.73. The molecule has 0 saturated carbocycles. The van der Waals surface area contributed by atoms with Crippen molar-refractivity contribution in [1.82, 2.24) is 10.2 Å². The number of rotatable bonds is 8. The molecule has 0 rings (SSSR count). The average Bonchev–Trinajstić information content (AvgIpc) is 2.21. The molecule has 0 radical (unpaired) electrons. The summed E-state index contributed by atoms with van der Waals surface area (Å²) in [7, 11) is 1.71. The van der Waals surface area contributed by atoms with Gasteiger partial charge >= 0.3 is 0 Å². The van der Waals surface area contributed by atoms with Crippen LogP contribution in [0.4, 0.5) is 0 Å². The Bertz CT molecular complexity index is 195. The van der Waals surface area contributed by atoms with Gasteiger partial charge in [-0.1, -0.05) is 20.8 Å². The summed E-state index contributed by atoms with van der Waals surface area (Å²) in [5.41, 5.74) is 0. The normalized spacial score (nSPS) is 13.2. The number of hydrogen-bond donors (Lipinski definition) is 1. The summed E-state index contributed by atoms with van der Waals surface area (Å²) in [4.78, 5) is 13.4. The lowest BCUT2D eigenvalue weighted by molar-refractivity contribution is -0.120. The summed E-state index contributed by atoms with van der Waals surface area (Å²) >= 11 is 0. The molecule has 0 spiro atoms. The van der Waals surface area contributed by atoms with E-state index < -0.39 is 0 Å². The molecular weight excluding hydrogens is 204 g/mol. The first-order valence-corrected chi connectivity index (χ1v) is 5.99. The highest BCUT2D eigenvalue weighted by Crippen LogP contribution is 2.04. The molecule has 0 saturated heterocycles. The van der Waals surface area contributed by atoms with Gasteiger partial charge in [-0.3, -0.25) is 9.69 Å². The van der Waals surface area contributed by atoms with E-state index in [0.717, 1.165) is 26.2 Å². The van der Waals surface area contributed by atoms with Gasteiger partial charge in [-0.15, -0.1) is 0 Å². The predicted octanol–water partition coefficient (Wildman–Crippen LogP) is 1.12. The van der Waals surface area contributed by atoms with Crippen molar-refractivity contribution in [2.24, 2.45) is 5.92 Å². The van der Waals surface area contributed by atoms with Crippen molar-refractivity contribution < 1.29 is 9.53 Å².